The van der Waals surface area contributed by atoms with Gasteiger partial charge in [0.25, 0.3) is 5.91 Å². The van der Waals surface area contributed by atoms with Gasteiger partial charge in [0.1, 0.15) is 5.75 Å². The van der Waals surface area contributed by atoms with Gasteiger partial charge < -0.3 is 19.6 Å². The van der Waals surface area contributed by atoms with Crippen LogP contribution in [0.1, 0.15) is 49.7 Å². The number of phenolic OH excluding ortho intramolecular Hbond substituents is 1. The average molecular weight is 452 g/mol. The number of likely N-dealkylation sites (tertiary alicyclic amines) is 1. The van der Waals surface area contributed by atoms with Gasteiger partial charge >= 0.3 is 0 Å². The molecule has 1 aliphatic heterocycles. The van der Waals surface area contributed by atoms with Crippen molar-refractivity contribution < 1.29 is 19.5 Å². The third kappa shape index (κ3) is 5.10. The van der Waals surface area contributed by atoms with Crippen LogP contribution >= 0.6 is 0 Å². The molecule has 2 aliphatic rings. The molecule has 1 saturated heterocycles. The van der Waals surface area contributed by atoms with Crippen LogP contribution < -0.4 is 0 Å². The van der Waals surface area contributed by atoms with Crippen LogP contribution in [0.15, 0.2) is 54.6 Å². The number of likely N-dealkylation sites (N-methyl/N-ethyl adjacent to an activating group) is 1. The molecular weight excluding hydrogens is 412 g/mol. The lowest BCUT2D eigenvalue weighted by Crippen LogP contribution is -2.58. The van der Waals surface area contributed by atoms with Gasteiger partial charge in [0.15, 0.2) is 5.60 Å². The highest BCUT2D eigenvalue weighted by Crippen LogP contribution is 2.43. The molecule has 1 heterocycles. The number of aromatic hydroxyl groups is 1. The molecule has 1 aliphatic carbocycles. The Hall–Kier alpha value is -2.37. The second-order valence-corrected chi connectivity index (χ2v) is 10.6. The lowest BCUT2D eigenvalue weighted by molar-refractivity contribution is -0.916. The lowest BCUT2D eigenvalue weighted by atomic mass is 9.78. The predicted octanol–water partition coefficient (Wildman–Crippen LogP) is 4.08. The molecule has 0 aromatic heterocycles. The largest absolute Gasteiger partial charge is 0.508 e. The number of piperidine rings is 1. The summed E-state index contributed by atoms with van der Waals surface area (Å²) in [5.74, 6) is -0.191. The maximum absolute atomic E-state index is 13.8. The first-order valence-corrected chi connectivity index (χ1v) is 12.5. The average Bonchev–Trinajstić information content (AvgIpc) is 3.38. The standard InChI is InChI=1S/C28H38N2O3/c1-30(2,20-17-22-9-4-3-5-10-22)25-15-18-29(19-16-25)27(32)28(33,23-11-6-7-12-23)24-13-8-14-26(31)21-24/h3-5,8-10,13-14,21,23,25,33H,6-7,11-12,15-20H2,1-2H3/p+1. The lowest BCUT2D eigenvalue weighted by Gasteiger charge is -2.45. The van der Waals surface area contributed by atoms with Gasteiger partial charge in [-0.15, -0.1) is 0 Å². The number of hydrogen-bond acceptors (Lipinski definition) is 3. The van der Waals surface area contributed by atoms with Crippen molar-refractivity contribution in [3.8, 4) is 5.75 Å². The summed E-state index contributed by atoms with van der Waals surface area (Å²) in [6, 6.07) is 17.8. The summed E-state index contributed by atoms with van der Waals surface area (Å²) in [4.78, 5) is 15.6. The summed E-state index contributed by atoms with van der Waals surface area (Å²) >= 11 is 0. The van der Waals surface area contributed by atoms with Gasteiger partial charge in [-0.25, -0.2) is 0 Å². The molecule has 5 heteroatoms. The first-order chi connectivity index (χ1) is 15.8. The van der Waals surface area contributed by atoms with E-state index in [1.807, 2.05) is 4.90 Å². The van der Waals surface area contributed by atoms with Gasteiger partial charge in [0.05, 0.1) is 26.7 Å². The van der Waals surface area contributed by atoms with E-state index in [4.69, 9.17) is 0 Å². The Morgan fingerprint density at radius 1 is 1.00 bits per heavy atom. The Morgan fingerprint density at radius 3 is 2.30 bits per heavy atom. The quantitative estimate of drug-likeness (QED) is 0.624. The van der Waals surface area contributed by atoms with E-state index in [1.165, 1.54) is 5.56 Å². The molecule has 178 valence electrons. The van der Waals surface area contributed by atoms with Crippen molar-refractivity contribution in [2.75, 3.05) is 33.7 Å². The molecule has 0 bridgehead atoms. The minimum atomic E-state index is -1.56. The minimum absolute atomic E-state index is 0.0906. The van der Waals surface area contributed by atoms with E-state index in [9.17, 15) is 15.0 Å². The summed E-state index contributed by atoms with van der Waals surface area (Å²) in [5.41, 5.74) is 0.337. The van der Waals surface area contributed by atoms with Crippen molar-refractivity contribution in [2.45, 2.75) is 56.6 Å². The molecule has 2 N–H and O–H groups in total. The number of quaternary nitrogens is 1. The molecular formula is C28H39N2O3+. The van der Waals surface area contributed by atoms with Gasteiger partial charge in [0, 0.05) is 38.3 Å². The van der Waals surface area contributed by atoms with E-state index < -0.39 is 5.60 Å². The number of benzene rings is 2. The predicted molar refractivity (Wildman–Crippen MR) is 131 cm³/mol. The van der Waals surface area contributed by atoms with E-state index in [2.05, 4.69) is 44.4 Å². The van der Waals surface area contributed by atoms with Crippen LogP contribution in [0.3, 0.4) is 0 Å². The topological polar surface area (TPSA) is 60.8 Å². The van der Waals surface area contributed by atoms with Crippen LogP contribution in [0.4, 0.5) is 0 Å². The maximum Gasteiger partial charge on any atom is 0.259 e. The van der Waals surface area contributed by atoms with Gasteiger partial charge in [-0.2, -0.15) is 0 Å². The fraction of sp³-hybridized carbons (Fsp3) is 0.536. The smallest absolute Gasteiger partial charge is 0.259 e. The molecule has 4 rings (SSSR count). The van der Waals surface area contributed by atoms with E-state index in [-0.39, 0.29) is 17.6 Å². The zero-order chi connectivity index (χ0) is 23.5. The van der Waals surface area contributed by atoms with Gasteiger partial charge in [-0.3, -0.25) is 4.79 Å². The van der Waals surface area contributed by atoms with Crippen molar-refractivity contribution in [3.63, 3.8) is 0 Å². The first kappa shape index (κ1) is 23.8. The van der Waals surface area contributed by atoms with Gasteiger partial charge in [0.2, 0.25) is 0 Å². The fourth-order valence-corrected chi connectivity index (χ4v) is 5.87. The summed E-state index contributed by atoms with van der Waals surface area (Å²) in [5, 5.41) is 21.9. The summed E-state index contributed by atoms with van der Waals surface area (Å²) in [7, 11) is 4.60. The Morgan fingerprint density at radius 2 is 1.67 bits per heavy atom. The van der Waals surface area contributed by atoms with E-state index in [1.54, 1.807) is 24.3 Å². The normalized spacial score (nSPS) is 20.0. The molecule has 1 atom stereocenters. The van der Waals surface area contributed by atoms with Crippen LogP contribution in [-0.4, -0.2) is 65.3 Å². The third-order valence-electron chi connectivity index (χ3n) is 8.12. The van der Waals surface area contributed by atoms with E-state index in [0.717, 1.165) is 56.0 Å². The molecule has 1 saturated carbocycles. The molecule has 1 unspecified atom stereocenters. The van der Waals surface area contributed by atoms with Crippen LogP contribution in [0.25, 0.3) is 0 Å². The van der Waals surface area contributed by atoms with Crippen LogP contribution in [0.5, 0.6) is 5.75 Å². The molecule has 2 aromatic rings. The Labute approximate surface area is 198 Å². The van der Waals surface area contributed by atoms with Crippen molar-refractivity contribution in [1.29, 1.82) is 0 Å². The molecule has 33 heavy (non-hydrogen) atoms. The molecule has 0 spiro atoms. The number of rotatable bonds is 7. The number of aliphatic hydroxyl groups is 1. The third-order valence-corrected chi connectivity index (χ3v) is 8.12. The maximum atomic E-state index is 13.8. The number of nitrogens with zero attached hydrogens (tertiary/aromatic N) is 2. The Kier molecular flexibility index (Phi) is 7.10. The number of carbonyl (C=O) groups excluding carboxylic acids is 1. The molecule has 2 fully saturated rings. The van der Waals surface area contributed by atoms with Crippen molar-refractivity contribution >= 4 is 5.91 Å². The molecule has 5 nitrogen and oxygen atoms in total. The van der Waals surface area contributed by atoms with E-state index >= 15 is 0 Å². The van der Waals surface area contributed by atoms with Crippen LogP contribution in [0.2, 0.25) is 0 Å². The number of amides is 1. The zero-order valence-corrected chi connectivity index (χ0v) is 20.1. The first-order valence-electron chi connectivity index (χ1n) is 12.5. The number of phenols is 1. The van der Waals surface area contributed by atoms with Crippen molar-refractivity contribution in [3.05, 3.63) is 65.7 Å². The Balaban J connectivity index is 1.43. The second-order valence-electron chi connectivity index (χ2n) is 10.6. The highest BCUT2D eigenvalue weighted by Gasteiger charge is 2.49. The van der Waals surface area contributed by atoms with Crippen molar-refractivity contribution in [2.24, 2.45) is 5.92 Å². The van der Waals surface area contributed by atoms with E-state index in [0.29, 0.717) is 24.7 Å². The molecule has 1 amide bonds. The fourth-order valence-electron chi connectivity index (χ4n) is 5.87. The van der Waals surface area contributed by atoms with Crippen molar-refractivity contribution in [1.82, 2.24) is 4.90 Å². The minimum Gasteiger partial charge on any atom is -0.508 e. The second kappa shape index (κ2) is 9.86. The molecule has 2 aromatic carbocycles. The summed E-state index contributed by atoms with van der Waals surface area (Å²) in [6.45, 7) is 2.41. The molecule has 0 radical (unpaired) electrons. The highest BCUT2D eigenvalue weighted by molar-refractivity contribution is 5.87. The SMILES string of the molecule is C[N+](C)(CCc1ccccc1)C1CCN(C(=O)C(O)(c2cccc(O)c2)C2CCCC2)CC1. The zero-order valence-electron chi connectivity index (χ0n) is 20.1. The van der Waals surface area contributed by atoms with Crippen LogP contribution in [0, 0.1) is 5.92 Å². The number of hydrogen-bond donors (Lipinski definition) is 2. The Bertz CT molecular complexity index is 931. The number of carbonyl (C=O) groups is 1. The van der Waals surface area contributed by atoms with Crippen LogP contribution in [-0.2, 0) is 16.8 Å². The van der Waals surface area contributed by atoms with Gasteiger partial charge in [-0.05, 0) is 36.1 Å². The summed E-state index contributed by atoms with van der Waals surface area (Å²) < 4.78 is 0.941. The summed E-state index contributed by atoms with van der Waals surface area (Å²) in [6.07, 6.45) is 6.69. The monoisotopic (exact) mass is 451 g/mol. The van der Waals surface area contributed by atoms with Gasteiger partial charge in [-0.1, -0.05) is 55.3 Å². The highest BCUT2D eigenvalue weighted by atomic mass is 16.3.